The van der Waals surface area contributed by atoms with E-state index in [0.717, 1.165) is 58.0 Å². The van der Waals surface area contributed by atoms with Crippen LogP contribution in [0.1, 0.15) is 25.3 Å². The van der Waals surface area contributed by atoms with E-state index in [4.69, 9.17) is 9.47 Å². The molecule has 1 aromatic carbocycles. The highest BCUT2D eigenvalue weighted by atomic mass is 16.5. The quantitative estimate of drug-likeness (QED) is 0.706. The number of benzene rings is 1. The van der Waals surface area contributed by atoms with E-state index < -0.39 is 0 Å². The number of carbonyl (C=O) groups excluding carboxylic acids is 1. The first-order valence-corrected chi connectivity index (χ1v) is 8.56. The van der Waals surface area contributed by atoms with E-state index in [-0.39, 0.29) is 5.91 Å². The van der Waals surface area contributed by atoms with Crippen molar-refractivity contribution in [2.75, 3.05) is 46.0 Å². The number of hydrogen-bond acceptors (Lipinski definition) is 4. The maximum atomic E-state index is 11.8. The van der Waals surface area contributed by atoms with Crippen LogP contribution in [0.15, 0.2) is 24.3 Å². The summed E-state index contributed by atoms with van der Waals surface area (Å²) in [5.41, 5.74) is 1.29. The second-order valence-electron chi connectivity index (χ2n) is 5.75. The minimum Gasteiger partial charge on any atom is -0.493 e. The third kappa shape index (κ3) is 7.01. The van der Waals surface area contributed by atoms with E-state index >= 15 is 0 Å². The van der Waals surface area contributed by atoms with Gasteiger partial charge in [0.2, 0.25) is 5.91 Å². The van der Waals surface area contributed by atoms with E-state index in [1.54, 1.807) is 0 Å². The zero-order valence-corrected chi connectivity index (χ0v) is 14.1. The minimum atomic E-state index is 0.0529. The molecule has 2 rings (SSSR count). The van der Waals surface area contributed by atoms with Crippen molar-refractivity contribution in [2.45, 2.75) is 26.2 Å². The SMILES string of the molecule is CCc1ccc(OCCC(=O)NCCCN2CCOCC2)cc1. The van der Waals surface area contributed by atoms with Crippen LogP contribution in [0.2, 0.25) is 0 Å². The molecule has 0 radical (unpaired) electrons. The molecule has 1 fully saturated rings. The van der Waals surface area contributed by atoms with E-state index in [9.17, 15) is 4.79 Å². The van der Waals surface area contributed by atoms with Gasteiger partial charge in [0.1, 0.15) is 5.75 Å². The molecular formula is C18H28N2O3. The summed E-state index contributed by atoms with van der Waals surface area (Å²) < 4.78 is 10.9. The van der Waals surface area contributed by atoms with Gasteiger partial charge in [-0.3, -0.25) is 9.69 Å². The van der Waals surface area contributed by atoms with Gasteiger partial charge in [0, 0.05) is 19.6 Å². The molecule has 5 heteroatoms. The standard InChI is InChI=1S/C18H28N2O3/c1-2-16-4-6-17(7-5-16)23-13-8-18(21)19-9-3-10-20-11-14-22-15-12-20/h4-7H,2-3,8-15H2,1H3,(H,19,21). The minimum absolute atomic E-state index is 0.0529. The van der Waals surface area contributed by atoms with E-state index in [0.29, 0.717) is 13.0 Å². The fraction of sp³-hybridized carbons (Fsp3) is 0.611. The summed E-state index contributed by atoms with van der Waals surface area (Å²) in [5.74, 6) is 0.875. The first-order chi connectivity index (χ1) is 11.3. The lowest BCUT2D eigenvalue weighted by Gasteiger charge is -2.26. The van der Waals surface area contributed by atoms with Crippen LogP contribution >= 0.6 is 0 Å². The molecular weight excluding hydrogens is 292 g/mol. The van der Waals surface area contributed by atoms with Crippen molar-refractivity contribution in [1.82, 2.24) is 10.2 Å². The van der Waals surface area contributed by atoms with Crippen molar-refractivity contribution in [3.05, 3.63) is 29.8 Å². The Morgan fingerprint density at radius 1 is 1.26 bits per heavy atom. The molecule has 0 spiro atoms. The van der Waals surface area contributed by atoms with Crippen molar-refractivity contribution in [3.8, 4) is 5.75 Å². The summed E-state index contributed by atoms with van der Waals surface area (Å²) in [7, 11) is 0. The molecule has 0 saturated carbocycles. The number of nitrogens with zero attached hydrogens (tertiary/aromatic N) is 1. The number of carbonyl (C=O) groups is 1. The van der Waals surface area contributed by atoms with Gasteiger partial charge in [0.15, 0.2) is 0 Å². The monoisotopic (exact) mass is 320 g/mol. The van der Waals surface area contributed by atoms with Gasteiger partial charge in [-0.05, 0) is 37.1 Å². The van der Waals surface area contributed by atoms with Gasteiger partial charge in [-0.2, -0.15) is 0 Å². The third-order valence-corrected chi connectivity index (χ3v) is 4.01. The van der Waals surface area contributed by atoms with Crippen LogP contribution in [-0.4, -0.2) is 56.8 Å². The fourth-order valence-electron chi connectivity index (χ4n) is 2.53. The van der Waals surface area contributed by atoms with Crippen molar-refractivity contribution in [1.29, 1.82) is 0 Å². The maximum Gasteiger partial charge on any atom is 0.223 e. The van der Waals surface area contributed by atoms with Crippen LogP contribution in [0, 0.1) is 0 Å². The molecule has 0 aromatic heterocycles. The summed E-state index contributed by atoms with van der Waals surface area (Å²) in [5, 5.41) is 2.95. The zero-order chi connectivity index (χ0) is 16.3. The number of aryl methyl sites for hydroxylation is 1. The molecule has 128 valence electrons. The first-order valence-electron chi connectivity index (χ1n) is 8.56. The smallest absolute Gasteiger partial charge is 0.223 e. The Labute approximate surface area is 139 Å². The average Bonchev–Trinajstić information content (AvgIpc) is 2.60. The van der Waals surface area contributed by atoms with Crippen LogP contribution in [0.3, 0.4) is 0 Å². The molecule has 0 aliphatic carbocycles. The Bertz CT molecular complexity index is 456. The number of nitrogens with one attached hydrogen (secondary N) is 1. The molecule has 1 saturated heterocycles. The summed E-state index contributed by atoms with van der Waals surface area (Å²) in [6, 6.07) is 8.03. The van der Waals surface area contributed by atoms with Gasteiger partial charge in [0.25, 0.3) is 0 Å². The number of amides is 1. The molecule has 1 aromatic rings. The second-order valence-corrected chi connectivity index (χ2v) is 5.75. The van der Waals surface area contributed by atoms with Gasteiger partial charge in [0.05, 0.1) is 26.2 Å². The molecule has 1 aliphatic heterocycles. The number of morpholine rings is 1. The maximum absolute atomic E-state index is 11.8. The topological polar surface area (TPSA) is 50.8 Å². The molecule has 0 bridgehead atoms. The van der Waals surface area contributed by atoms with Crippen LogP contribution in [0.5, 0.6) is 5.75 Å². The highest BCUT2D eigenvalue weighted by Crippen LogP contribution is 2.12. The van der Waals surface area contributed by atoms with Crippen molar-refractivity contribution < 1.29 is 14.3 Å². The highest BCUT2D eigenvalue weighted by Gasteiger charge is 2.09. The van der Waals surface area contributed by atoms with Gasteiger partial charge in [-0.1, -0.05) is 19.1 Å². The summed E-state index contributed by atoms with van der Waals surface area (Å²) in [6.45, 7) is 7.93. The summed E-state index contributed by atoms with van der Waals surface area (Å²) >= 11 is 0. The number of ether oxygens (including phenoxy) is 2. The van der Waals surface area contributed by atoms with Crippen LogP contribution in [-0.2, 0) is 16.0 Å². The lowest BCUT2D eigenvalue weighted by molar-refractivity contribution is -0.121. The zero-order valence-electron chi connectivity index (χ0n) is 14.1. The molecule has 0 atom stereocenters. The molecule has 23 heavy (non-hydrogen) atoms. The molecule has 5 nitrogen and oxygen atoms in total. The number of hydrogen-bond donors (Lipinski definition) is 1. The Kier molecular flexibility index (Phi) is 7.90. The Hall–Kier alpha value is -1.59. The lowest BCUT2D eigenvalue weighted by atomic mass is 10.2. The predicted octanol–water partition coefficient (Wildman–Crippen LogP) is 1.86. The largest absolute Gasteiger partial charge is 0.493 e. The van der Waals surface area contributed by atoms with Crippen molar-refractivity contribution in [2.24, 2.45) is 0 Å². The fourth-order valence-corrected chi connectivity index (χ4v) is 2.53. The van der Waals surface area contributed by atoms with Crippen LogP contribution < -0.4 is 10.1 Å². The molecule has 1 aliphatic rings. The van der Waals surface area contributed by atoms with Crippen LogP contribution in [0.25, 0.3) is 0 Å². The Morgan fingerprint density at radius 2 is 2.00 bits per heavy atom. The van der Waals surface area contributed by atoms with Gasteiger partial charge in [-0.25, -0.2) is 0 Å². The number of rotatable bonds is 9. The third-order valence-electron chi connectivity index (χ3n) is 4.01. The molecule has 1 amide bonds. The molecule has 0 unspecified atom stereocenters. The first kappa shape index (κ1) is 17.8. The second kappa shape index (κ2) is 10.2. The van der Waals surface area contributed by atoms with Gasteiger partial charge in [-0.15, -0.1) is 0 Å². The van der Waals surface area contributed by atoms with E-state index in [1.807, 2.05) is 12.1 Å². The van der Waals surface area contributed by atoms with E-state index in [2.05, 4.69) is 29.3 Å². The highest BCUT2D eigenvalue weighted by molar-refractivity contribution is 5.75. The van der Waals surface area contributed by atoms with Gasteiger partial charge < -0.3 is 14.8 Å². The predicted molar refractivity (Wildman–Crippen MR) is 90.8 cm³/mol. The summed E-state index contributed by atoms with van der Waals surface area (Å²) in [6.07, 6.45) is 2.39. The van der Waals surface area contributed by atoms with Gasteiger partial charge >= 0.3 is 0 Å². The molecule has 1 N–H and O–H groups in total. The van der Waals surface area contributed by atoms with Crippen LogP contribution in [0.4, 0.5) is 0 Å². The average molecular weight is 320 g/mol. The molecule has 1 heterocycles. The normalized spacial score (nSPS) is 15.3. The van der Waals surface area contributed by atoms with Crippen molar-refractivity contribution >= 4 is 5.91 Å². The summed E-state index contributed by atoms with van der Waals surface area (Å²) in [4.78, 5) is 14.1. The van der Waals surface area contributed by atoms with E-state index in [1.165, 1.54) is 5.56 Å². The Balaban J connectivity index is 1.50. The Morgan fingerprint density at radius 3 is 2.70 bits per heavy atom. The lowest BCUT2D eigenvalue weighted by Crippen LogP contribution is -2.38. The van der Waals surface area contributed by atoms with Crippen molar-refractivity contribution in [3.63, 3.8) is 0 Å².